The molecule has 1 aliphatic rings. The molecule has 6 nitrogen and oxygen atoms in total. The summed E-state index contributed by atoms with van der Waals surface area (Å²) in [4.78, 5) is 27.2. The Morgan fingerprint density at radius 2 is 1.65 bits per heavy atom. The number of benzene rings is 2. The van der Waals surface area contributed by atoms with Gasteiger partial charge in [-0.2, -0.15) is 0 Å². The fourth-order valence-corrected chi connectivity index (χ4v) is 3.87. The second-order valence-corrected chi connectivity index (χ2v) is 8.28. The maximum absolute atomic E-state index is 12.8. The lowest BCUT2D eigenvalue weighted by Crippen LogP contribution is -2.46. The standard InChI is InChI=1S/C25H32N2O4/c1-17(2)19-6-8-20(9-7-19)25(29)27-13-11-21(12-14-27)26-24(28)16-18-5-10-22(30-3)23(15-18)31-4/h5-10,15,17,21H,11-14,16H2,1-4H3,(H,26,28). The first-order valence-electron chi connectivity index (χ1n) is 10.8. The molecule has 166 valence electrons. The van der Waals surface area contributed by atoms with Gasteiger partial charge in [-0.15, -0.1) is 0 Å². The second-order valence-electron chi connectivity index (χ2n) is 8.28. The lowest BCUT2D eigenvalue weighted by Gasteiger charge is -2.32. The maximum atomic E-state index is 12.8. The molecule has 3 rings (SSSR count). The summed E-state index contributed by atoms with van der Waals surface area (Å²) in [5, 5.41) is 3.10. The van der Waals surface area contributed by atoms with E-state index in [4.69, 9.17) is 9.47 Å². The summed E-state index contributed by atoms with van der Waals surface area (Å²) in [6, 6.07) is 13.5. The zero-order chi connectivity index (χ0) is 22.4. The number of rotatable bonds is 7. The zero-order valence-electron chi connectivity index (χ0n) is 18.8. The molecule has 0 aromatic heterocycles. The average Bonchev–Trinajstić information content (AvgIpc) is 2.79. The van der Waals surface area contributed by atoms with Gasteiger partial charge < -0.3 is 19.7 Å². The van der Waals surface area contributed by atoms with Crippen molar-refractivity contribution in [3.05, 3.63) is 59.2 Å². The third-order valence-corrected chi connectivity index (χ3v) is 5.78. The number of nitrogens with one attached hydrogen (secondary N) is 1. The summed E-state index contributed by atoms with van der Waals surface area (Å²) in [6.07, 6.45) is 1.79. The summed E-state index contributed by atoms with van der Waals surface area (Å²) in [7, 11) is 3.16. The Bertz CT molecular complexity index is 900. The minimum Gasteiger partial charge on any atom is -0.493 e. The number of carbonyl (C=O) groups is 2. The molecule has 0 saturated carbocycles. The van der Waals surface area contributed by atoms with E-state index in [1.807, 2.05) is 41.3 Å². The molecule has 0 unspecified atom stereocenters. The first kappa shape index (κ1) is 22.7. The van der Waals surface area contributed by atoms with Crippen LogP contribution in [0.25, 0.3) is 0 Å². The number of hydrogen-bond acceptors (Lipinski definition) is 4. The molecule has 1 heterocycles. The Balaban J connectivity index is 1.49. The van der Waals surface area contributed by atoms with E-state index in [0.717, 1.165) is 24.0 Å². The number of hydrogen-bond donors (Lipinski definition) is 1. The van der Waals surface area contributed by atoms with Gasteiger partial charge >= 0.3 is 0 Å². The summed E-state index contributed by atoms with van der Waals surface area (Å²) in [6.45, 7) is 5.57. The van der Waals surface area contributed by atoms with E-state index in [2.05, 4.69) is 19.2 Å². The van der Waals surface area contributed by atoms with Gasteiger partial charge in [0.1, 0.15) is 0 Å². The van der Waals surface area contributed by atoms with Crippen molar-refractivity contribution in [1.29, 1.82) is 0 Å². The van der Waals surface area contributed by atoms with Crippen molar-refractivity contribution in [3.8, 4) is 11.5 Å². The molecular weight excluding hydrogens is 392 g/mol. The molecule has 1 N–H and O–H groups in total. The highest BCUT2D eigenvalue weighted by atomic mass is 16.5. The van der Waals surface area contributed by atoms with Crippen LogP contribution in [-0.4, -0.2) is 50.1 Å². The first-order valence-corrected chi connectivity index (χ1v) is 10.8. The van der Waals surface area contributed by atoms with Crippen molar-refractivity contribution in [1.82, 2.24) is 10.2 Å². The summed E-state index contributed by atoms with van der Waals surface area (Å²) in [5.41, 5.74) is 2.82. The van der Waals surface area contributed by atoms with Crippen molar-refractivity contribution in [2.45, 2.75) is 45.1 Å². The van der Waals surface area contributed by atoms with E-state index in [9.17, 15) is 9.59 Å². The molecule has 2 aromatic rings. The number of likely N-dealkylation sites (tertiary alicyclic amines) is 1. The van der Waals surface area contributed by atoms with Gasteiger partial charge in [-0.25, -0.2) is 0 Å². The van der Waals surface area contributed by atoms with Gasteiger partial charge in [0.15, 0.2) is 11.5 Å². The van der Waals surface area contributed by atoms with E-state index in [-0.39, 0.29) is 24.3 Å². The molecule has 2 amide bonds. The molecule has 1 saturated heterocycles. The van der Waals surface area contributed by atoms with E-state index in [0.29, 0.717) is 30.5 Å². The number of methoxy groups -OCH3 is 2. The fraction of sp³-hybridized carbons (Fsp3) is 0.440. The monoisotopic (exact) mass is 424 g/mol. The lowest BCUT2D eigenvalue weighted by atomic mass is 10.00. The van der Waals surface area contributed by atoms with Crippen LogP contribution in [0.15, 0.2) is 42.5 Å². The molecule has 2 aromatic carbocycles. The number of nitrogens with zero attached hydrogens (tertiary/aromatic N) is 1. The summed E-state index contributed by atoms with van der Waals surface area (Å²) >= 11 is 0. The van der Waals surface area contributed by atoms with Crippen molar-refractivity contribution in [3.63, 3.8) is 0 Å². The molecule has 1 fully saturated rings. The molecular formula is C25H32N2O4. The molecule has 31 heavy (non-hydrogen) atoms. The maximum Gasteiger partial charge on any atom is 0.253 e. The molecule has 0 radical (unpaired) electrons. The number of ether oxygens (including phenoxy) is 2. The minimum atomic E-state index is -0.0266. The first-order chi connectivity index (χ1) is 14.9. The van der Waals surface area contributed by atoms with Crippen molar-refractivity contribution in [2.24, 2.45) is 0 Å². The van der Waals surface area contributed by atoms with Gasteiger partial charge in [-0.05, 0) is 54.2 Å². The molecule has 0 spiro atoms. The predicted octanol–water partition coefficient (Wildman–Crippen LogP) is 3.79. The molecule has 1 aliphatic heterocycles. The van der Waals surface area contributed by atoms with Crippen LogP contribution in [0.1, 0.15) is 54.1 Å². The average molecular weight is 425 g/mol. The summed E-state index contributed by atoms with van der Waals surface area (Å²) < 4.78 is 10.5. The van der Waals surface area contributed by atoms with Gasteiger partial charge in [-0.3, -0.25) is 9.59 Å². The largest absolute Gasteiger partial charge is 0.493 e. The normalized spacial score (nSPS) is 14.4. The van der Waals surface area contributed by atoms with E-state index in [1.165, 1.54) is 5.56 Å². The minimum absolute atomic E-state index is 0.0266. The fourth-order valence-electron chi connectivity index (χ4n) is 3.87. The predicted molar refractivity (Wildman–Crippen MR) is 121 cm³/mol. The number of carbonyl (C=O) groups excluding carboxylic acids is 2. The Kier molecular flexibility index (Phi) is 7.55. The van der Waals surface area contributed by atoms with E-state index < -0.39 is 0 Å². The number of amides is 2. The Morgan fingerprint density at radius 3 is 2.23 bits per heavy atom. The van der Waals surface area contributed by atoms with Gasteiger partial charge in [0, 0.05) is 24.7 Å². The van der Waals surface area contributed by atoms with Crippen LogP contribution in [0.2, 0.25) is 0 Å². The third kappa shape index (κ3) is 5.78. The zero-order valence-corrected chi connectivity index (χ0v) is 18.8. The Labute approximate surface area is 184 Å². The molecule has 0 aliphatic carbocycles. The summed E-state index contributed by atoms with van der Waals surface area (Å²) in [5.74, 6) is 1.73. The van der Waals surface area contributed by atoms with Crippen LogP contribution in [0.5, 0.6) is 11.5 Å². The molecule has 0 atom stereocenters. The van der Waals surface area contributed by atoms with E-state index in [1.54, 1.807) is 20.3 Å². The number of piperidine rings is 1. The quantitative estimate of drug-likeness (QED) is 0.734. The van der Waals surface area contributed by atoms with Crippen LogP contribution in [0.3, 0.4) is 0 Å². The van der Waals surface area contributed by atoms with E-state index >= 15 is 0 Å². The highest BCUT2D eigenvalue weighted by Gasteiger charge is 2.24. The van der Waals surface area contributed by atoms with Gasteiger partial charge in [-0.1, -0.05) is 32.0 Å². The van der Waals surface area contributed by atoms with Crippen molar-refractivity contribution >= 4 is 11.8 Å². The van der Waals surface area contributed by atoms with Gasteiger partial charge in [0.2, 0.25) is 5.91 Å². The van der Waals surface area contributed by atoms with Crippen molar-refractivity contribution in [2.75, 3.05) is 27.3 Å². The Morgan fingerprint density at radius 1 is 1.00 bits per heavy atom. The van der Waals surface area contributed by atoms with Crippen LogP contribution >= 0.6 is 0 Å². The molecule has 0 bridgehead atoms. The highest BCUT2D eigenvalue weighted by Crippen LogP contribution is 2.27. The van der Waals surface area contributed by atoms with Gasteiger partial charge in [0.05, 0.1) is 20.6 Å². The van der Waals surface area contributed by atoms with Gasteiger partial charge in [0.25, 0.3) is 5.91 Å². The smallest absolute Gasteiger partial charge is 0.253 e. The molecule has 6 heteroatoms. The SMILES string of the molecule is COc1ccc(CC(=O)NC2CCN(C(=O)c3ccc(C(C)C)cc3)CC2)cc1OC. The van der Waals surface area contributed by atoms with Crippen LogP contribution in [-0.2, 0) is 11.2 Å². The van der Waals surface area contributed by atoms with Crippen molar-refractivity contribution < 1.29 is 19.1 Å². The highest BCUT2D eigenvalue weighted by molar-refractivity contribution is 5.94. The van der Waals surface area contributed by atoms with Crippen LogP contribution in [0.4, 0.5) is 0 Å². The van der Waals surface area contributed by atoms with Crippen LogP contribution < -0.4 is 14.8 Å². The van der Waals surface area contributed by atoms with Crippen LogP contribution in [0, 0.1) is 0 Å². The Hall–Kier alpha value is -3.02. The second kappa shape index (κ2) is 10.3. The third-order valence-electron chi connectivity index (χ3n) is 5.78. The topological polar surface area (TPSA) is 67.9 Å². The lowest BCUT2D eigenvalue weighted by molar-refractivity contribution is -0.121.